The molecule has 1 N–H and O–H groups in total. The fraction of sp³-hybridized carbons (Fsp3) is 0.583. The van der Waals surface area contributed by atoms with Crippen LogP contribution in [-0.4, -0.2) is 15.3 Å². The molecule has 0 spiro atoms. The van der Waals surface area contributed by atoms with Crippen LogP contribution >= 0.6 is 0 Å². The Morgan fingerprint density at radius 1 is 1.22 bits per heavy atom. The molecule has 0 amide bonds. The van der Waals surface area contributed by atoms with Crippen molar-refractivity contribution in [3.8, 4) is 0 Å². The highest BCUT2D eigenvalue weighted by Crippen LogP contribution is 2.20. The van der Waals surface area contributed by atoms with E-state index in [0.29, 0.717) is 24.2 Å². The highest BCUT2D eigenvalue weighted by atomic mass is 16.5. The molecule has 6 nitrogen and oxygen atoms in total. The highest BCUT2D eigenvalue weighted by molar-refractivity contribution is 5.04. The lowest BCUT2D eigenvalue weighted by atomic mass is 10.0. The van der Waals surface area contributed by atoms with Crippen LogP contribution in [0.2, 0.25) is 0 Å². The topological polar surface area (TPSA) is 77.0 Å². The van der Waals surface area contributed by atoms with Crippen LogP contribution in [0.5, 0.6) is 0 Å². The monoisotopic (exact) mass is 250 g/mol. The maximum Gasteiger partial charge on any atom is 0.244 e. The van der Waals surface area contributed by atoms with Gasteiger partial charge in [0.1, 0.15) is 5.76 Å². The number of nitrogens with zero attached hydrogens (tertiary/aromatic N) is 3. The van der Waals surface area contributed by atoms with Crippen molar-refractivity contribution >= 4 is 0 Å². The van der Waals surface area contributed by atoms with Gasteiger partial charge in [-0.2, -0.15) is 4.98 Å². The van der Waals surface area contributed by atoms with Gasteiger partial charge >= 0.3 is 0 Å². The molecule has 0 saturated heterocycles. The van der Waals surface area contributed by atoms with Gasteiger partial charge < -0.3 is 9.05 Å². The number of hydrogen-bond acceptors (Lipinski definition) is 6. The predicted molar refractivity (Wildman–Crippen MR) is 64.7 cm³/mol. The third kappa shape index (κ3) is 2.95. The first kappa shape index (κ1) is 12.8. The van der Waals surface area contributed by atoms with Gasteiger partial charge in [-0.05, 0) is 19.8 Å². The Hall–Kier alpha value is -1.69. The lowest BCUT2D eigenvalue weighted by Crippen LogP contribution is -2.25. The van der Waals surface area contributed by atoms with Crippen molar-refractivity contribution in [3.05, 3.63) is 29.2 Å². The quantitative estimate of drug-likeness (QED) is 0.876. The minimum absolute atomic E-state index is 0.0169. The summed E-state index contributed by atoms with van der Waals surface area (Å²) in [7, 11) is 0. The lowest BCUT2D eigenvalue weighted by Gasteiger charge is -2.17. The first-order valence-electron chi connectivity index (χ1n) is 6.02. The summed E-state index contributed by atoms with van der Waals surface area (Å²) in [4.78, 5) is 4.27. The average molecular weight is 250 g/mol. The normalized spacial score (nSPS) is 13.2. The maximum absolute atomic E-state index is 5.21. The van der Waals surface area contributed by atoms with Gasteiger partial charge in [0, 0.05) is 12.6 Å². The van der Waals surface area contributed by atoms with Crippen molar-refractivity contribution < 1.29 is 9.05 Å². The fourth-order valence-electron chi connectivity index (χ4n) is 1.76. The van der Waals surface area contributed by atoms with E-state index in [1.807, 2.05) is 19.9 Å². The van der Waals surface area contributed by atoms with Gasteiger partial charge in [0.25, 0.3) is 0 Å². The summed E-state index contributed by atoms with van der Waals surface area (Å²) < 4.78 is 10.2. The molecule has 18 heavy (non-hydrogen) atoms. The average Bonchev–Trinajstić information content (AvgIpc) is 2.88. The predicted octanol–water partition coefficient (Wildman–Crippen LogP) is 2.16. The number of aromatic nitrogens is 3. The molecule has 6 heteroatoms. The number of aryl methyl sites for hydroxylation is 2. The van der Waals surface area contributed by atoms with E-state index in [-0.39, 0.29) is 6.04 Å². The molecule has 98 valence electrons. The first-order valence-corrected chi connectivity index (χ1v) is 6.02. The van der Waals surface area contributed by atoms with Crippen molar-refractivity contribution in [1.82, 2.24) is 20.6 Å². The number of rotatable bonds is 5. The molecule has 0 aliphatic heterocycles. The Balaban J connectivity index is 2.03. The molecule has 0 unspecified atom stereocenters. The Kier molecular flexibility index (Phi) is 3.76. The van der Waals surface area contributed by atoms with Crippen molar-refractivity contribution in [2.75, 3.05) is 0 Å². The summed E-state index contributed by atoms with van der Waals surface area (Å²) in [5, 5.41) is 11.1. The van der Waals surface area contributed by atoms with E-state index < -0.39 is 0 Å². The van der Waals surface area contributed by atoms with Gasteiger partial charge in [-0.15, -0.1) is 0 Å². The molecule has 0 radical (unpaired) electrons. The van der Waals surface area contributed by atoms with Crippen LogP contribution < -0.4 is 5.32 Å². The fourth-order valence-corrected chi connectivity index (χ4v) is 1.76. The minimum atomic E-state index is 0.0169. The van der Waals surface area contributed by atoms with E-state index in [0.717, 1.165) is 11.5 Å². The highest BCUT2D eigenvalue weighted by Gasteiger charge is 2.21. The number of nitrogens with one attached hydrogen (secondary N) is 1. The van der Waals surface area contributed by atoms with E-state index in [2.05, 4.69) is 34.5 Å². The van der Waals surface area contributed by atoms with Gasteiger partial charge in [0.15, 0.2) is 5.82 Å². The molecule has 0 aliphatic rings. The summed E-state index contributed by atoms with van der Waals surface area (Å²) in [6.07, 6.45) is 0. The third-order valence-electron chi connectivity index (χ3n) is 2.66. The summed E-state index contributed by atoms with van der Waals surface area (Å²) in [6, 6.07) is 1.92. The first-order chi connectivity index (χ1) is 8.56. The molecule has 2 aromatic rings. The van der Waals surface area contributed by atoms with Crippen LogP contribution in [0.3, 0.4) is 0 Å². The second kappa shape index (κ2) is 5.30. The molecule has 0 saturated carbocycles. The Bertz CT molecular complexity index is 504. The molecule has 2 rings (SSSR count). The van der Waals surface area contributed by atoms with Crippen molar-refractivity contribution in [2.45, 2.75) is 40.3 Å². The van der Waals surface area contributed by atoms with E-state index in [4.69, 9.17) is 9.05 Å². The lowest BCUT2D eigenvalue weighted by molar-refractivity contribution is 0.284. The van der Waals surface area contributed by atoms with E-state index in [9.17, 15) is 0 Å². The molecule has 2 heterocycles. The standard InChI is InChI=1S/C12H18N4O2/c1-7(2)11(12-14-9(4)15-18-12)13-6-10-5-8(3)17-16-10/h5,7,11,13H,6H2,1-4H3/t11-/m1/s1. The molecule has 0 bridgehead atoms. The van der Waals surface area contributed by atoms with Gasteiger partial charge in [-0.3, -0.25) is 5.32 Å². The van der Waals surface area contributed by atoms with Crippen molar-refractivity contribution in [3.63, 3.8) is 0 Å². The van der Waals surface area contributed by atoms with Crippen molar-refractivity contribution in [2.24, 2.45) is 5.92 Å². The molecule has 2 aromatic heterocycles. The second-order valence-electron chi connectivity index (χ2n) is 4.71. The minimum Gasteiger partial charge on any atom is -0.361 e. The second-order valence-corrected chi connectivity index (χ2v) is 4.71. The van der Waals surface area contributed by atoms with Crippen LogP contribution in [0.25, 0.3) is 0 Å². The van der Waals surface area contributed by atoms with Crippen LogP contribution in [0.4, 0.5) is 0 Å². The summed E-state index contributed by atoms with van der Waals surface area (Å²) in [5.41, 5.74) is 0.870. The molecular weight excluding hydrogens is 232 g/mol. The Morgan fingerprint density at radius 2 is 2.00 bits per heavy atom. The zero-order valence-electron chi connectivity index (χ0n) is 11.1. The van der Waals surface area contributed by atoms with E-state index in [1.165, 1.54) is 0 Å². The maximum atomic E-state index is 5.21. The van der Waals surface area contributed by atoms with Crippen LogP contribution in [-0.2, 0) is 6.54 Å². The summed E-state index contributed by atoms with van der Waals surface area (Å²) >= 11 is 0. The SMILES string of the molecule is Cc1noc([C@H](NCc2cc(C)on2)C(C)C)n1. The van der Waals surface area contributed by atoms with Crippen LogP contribution in [0, 0.1) is 19.8 Å². The zero-order chi connectivity index (χ0) is 13.1. The molecule has 1 atom stereocenters. The number of hydrogen-bond donors (Lipinski definition) is 1. The molecule has 0 fully saturated rings. The van der Waals surface area contributed by atoms with Crippen LogP contribution in [0.1, 0.15) is 43.1 Å². The Morgan fingerprint density at radius 3 is 2.50 bits per heavy atom. The van der Waals surface area contributed by atoms with Gasteiger partial charge in [0.2, 0.25) is 5.89 Å². The molecule has 0 aromatic carbocycles. The van der Waals surface area contributed by atoms with E-state index in [1.54, 1.807) is 0 Å². The summed E-state index contributed by atoms with van der Waals surface area (Å²) in [6.45, 7) is 8.50. The van der Waals surface area contributed by atoms with Gasteiger partial charge in [-0.25, -0.2) is 0 Å². The summed E-state index contributed by atoms with van der Waals surface area (Å²) in [5.74, 6) is 2.41. The smallest absolute Gasteiger partial charge is 0.244 e. The van der Waals surface area contributed by atoms with Gasteiger partial charge in [-0.1, -0.05) is 24.2 Å². The Labute approximate surface area is 106 Å². The third-order valence-corrected chi connectivity index (χ3v) is 2.66. The van der Waals surface area contributed by atoms with Gasteiger partial charge in [0.05, 0.1) is 11.7 Å². The zero-order valence-corrected chi connectivity index (χ0v) is 11.1. The van der Waals surface area contributed by atoms with Crippen molar-refractivity contribution in [1.29, 1.82) is 0 Å². The van der Waals surface area contributed by atoms with Crippen LogP contribution in [0.15, 0.2) is 15.1 Å². The molecule has 0 aliphatic carbocycles. The van der Waals surface area contributed by atoms with E-state index >= 15 is 0 Å². The largest absolute Gasteiger partial charge is 0.361 e. The molecular formula is C12H18N4O2.